The molecule has 1 N–H and O–H groups in total. The smallest absolute Gasteiger partial charge is 0.223 e. The van der Waals surface area contributed by atoms with Gasteiger partial charge in [0, 0.05) is 31.5 Å². The SMILES string of the molecule is CCNCC1CCN(C(=O)CCC(=O)c2ccc3c(c2)CCCC3)CC1.Cl. The molecule has 3 rings (SSSR count). The zero-order valence-corrected chi connectivity index (χ0v) is 17.3. The van der Waals surface area contributed by atoms with Crippen LogP contribution in [0.3, 0.4) is 0 Å². The quantitative estimate of drug-likeness (QED) is 0.718. The number of Topliss-reactive ketones (excluding diaryl/α,β-unsaturated/α-hetero) is 1. The fourth-order valence-corrected chi connectivity index (χ4v) is 4.16. The van der Waals surface area contributed by atoms with Crippen LogP contribution in [0.25, 0.3) is 0 Å². The first-order valence-corrected chi connectivity index (χ1v) is 10.3. The van der Waals surface area contributed by atoms with Gasteiger partial charge in [-0.3, -0.25) is 9.59 Å². The van der Waals surface area contributed by atoms with E-state index in [1.54, 1.807) is 0 Å². The van der Waals surface area contributed by atoms with Crippen LogP contribution < -0.4 is 5.32 Å². The molecule has 1 amide bonds. The molecule has 0 saturated carbocycles. The van der Waals surface area contributed by atoms with Gasteiger partial charge in [-0.05, 0) is 74.7 Å². The van der Waals surface area contributed by atoms with E-state index in [1.807, 2.05) is 11.0 Å². The topological polar surface area (TPSA) is 49.4 Å². The zero-order chi connectivity index (χ0) is 18.4. The largest absolute Gasteiger partial charge is 0.343 e. The highest BCUT2D eigenvalue weighted by Gasteiger charge is 2.23. The van der Waals surface area contributed by atoms with Gasteiger partial charge in [-0.25, -0.2) is 0 Å². The lowest BCUT2D eigenvalue weighted by Gasteiger charge is -2.32. The number of aryl methyl sites for hydroxylation is 2. The maximum Gasteiger partial charge on any atom is 0.223 e. The van der Waals surface area contributed by atoms with Gasteiger partial charge in [-0.1, -0.05) is 19.1 Å². The molecule has 1 heterocycles. The number of fused-ring (bicyclic) bond motifs is 1. The number of hydrogen-bond donors (Lipinski definition) is 1. The molecule has 1 aliphatic carbocycles. The lowest BCUT2D eigenvalue weighted by Crippen LogP contribution is -2.40. The summed E-state index contributed by atoms with van der Waals surface area (Å²) in [6, 6.07) is 6.12. The molecule has 0 radical (unpaired) electrons. The molecule has 1 aliphatic heterocycles. The van der Waals surface area contributed by atoms with Gasteiger partial charge in [-0.2, -0.15) is 0 Å². The van der Waals surface area contributed by atoms with Crippen LogP contribution in [-0.4, -0.2) is 42.8 Å². The molecule has 0 aromatic heterocycles. The van der Waals surface area contributed by atoms with Gasteiger partial charge in [-0.15, -0.1) is 12.4 Å². The van der Waals surface area contributed by atoms with Crippen LogP contribution in [-0.2, 0) is 17.6 Å². The highest BCUT2D eigenvalue weighted by atomic mass is 35.5. The van der Waals surface area contributed by atoms with E-state index in [2.05, 4.69) is 24.4 Å². The lowest BCUT2D eigenvalue weighted by molar-refractivity contribution is -0.132. The van der Waals surface area contributed by atoms with Gasteiger partial charge in [0.2, 0.25) is 5.91 Å². The van der Waals surface area contributed by atoms with Gasteiger partial charge in [0.05, 0.1) is 0 Å². The van der Waals surface area contributed by atoms with Crippen molar-refractivity contribution in [1.29, 1.82) is 0 Å². The molecule has 4 nitrogen and oxygen atoms in total. The van der Waals surface area contributed by atoms with E-state index >= 15 is 0 Å². The molecule has 1 saturated heterocycles. The number of benzene rings is 1. The van der Waals surface area contributed by atoms with Crippen molar-refractivity contribution in [3.63, 3.8) is 0 Å². The summed E-state index contributed by atoms with van der Waals surface area (Å²) in [5.41, 5.74) is 3.50. The number of carbonyl (C=O) groups excluding carboxylic acids is 2. The first kappa shape index (κ1) is 21.9. The number of rotatable bonds is 7. The Morgan fingerprint density at radius 2 is 1.78 bits per heavy atom. The lowest BCUT2D eigenvalue weighted by atomic mass is 9.89. The molecule has 0 spiro atoms. The number of amides is 1. The number of halogens is 1. The van der Waals surface area contributed by atoms with Gasteiger partial charge in [0.25, 0.3) is 0 Å². The molecular formula is C22H33ClN2O2. The van der Waals surface area contributed by atoms with Crippen molar-refractivity contribution in [2.75, 3.05) is 26.2 Å². The predicted molar refractivity (Wildman–Crippen MR) is 112 cm³/mol. The number of likely N-dealkylation sites (tertiary alicyclic amines) is 1. The Labute approximate surface area is 169 Å². The molecule has 1 fully saturated rings. The highest BCUT2D eigenvalue weighted by molar-refractivity contribution is 5.98. The monoisotopic (exact) mass is 392 g/mol. The fourth-order valence-electron chi connectivity index (χ4n) is 4.16. The average Bonchev–Trinajstić information content (AvgIpc) is 2.70. The molecular weight excluding hydrogens is 360 g/mol. The van der Waals surface area contributed by atoms with Crippen LogP contribution in [0.15, 0.2) is 18.2 Å². The first-order chi connectivity index (χ1) is 12.7. The van der Waals surface area contributed by atoms with E-state index in [0.29, 0.717) is 18.8 Å². The Bertz CT molecular complexity index is 639. The van der Waals surface area contributed by atoms with Crippen molar-refractivity contribution in [1.82, 2.24) is 10.2 Å². The van der Waals surface area contributed by atoms with Crippen molar-refractivity contribution in [2.45, 2.75) is 58.3 Å². The molecule has 5 heteroatoms. The van der Waals surface area contributed by atoms with Crippen molar-refractivity contribution in [3.05, 3.63) is 34.9 Å². The number of hydrogen-bond acceptors (Lipinski definition) is 3. The normalized spacial score (nSPS) is 17.1. The van der Waals surface area contributed by atoms with Crippen LogP contribution in [0, 0.1) is 5.92 Å². The van der Waals surface area contributed by atoms with E-state index in [0.717, 1.165) is 57.4 Å². The Morgan fingerprint density at radius 3 is 2.48 bits per heavy atom. The van der Waals surface area contributed by atoms with Gasteiger partial charge >= 0.3 is 0 Å². The Hall–Kier alpha value is -1.39. The Balaban J connectivity index is 0.00000261. The van der Waals surface area contributed by atoms with E-state index < -0.39 is 0 Å². The van der Waals surface area contributed by atoms with Crippen LogP contribution in [0.4, 0.5) is 0 Å². The van der Waals surface area contributed by atoms with Crippen LogP contribution in [0.2, 0.25) is 0 Å². The van der Waals surface area contributed by atoms with E-state index in [1.165, 1.54) is 24.0 Å². The first-order valence-electron chi connectivity index (χ1n) is 10.3. The van der Waals surface area contributed by atoms with Gasteiger partial charge in [0.15, 0.2) is 5.78 Å². The van der Waals surface area contributed by atoms with Crippen molar-refractivity contribution in [2.24, 2.45) is 5.92 Å². The minimum absolute atomic E-state index is 0. The number of nitrogens with one attached hydrogen (secondary N) is 1. The molecule has 0 bridgehead atoms. The molecule has 27 heavy (non-hydrogen) atoms. The third kappa shape index (κ3) is 6.05. The van der Waals surface area contributed by atoms with Crippen LogP contribution in [0.5, 0.6) is 0 Å². The summed E-state index contributed by atoms with van der Waals surface area (Å²) in [4.78, 5) is 26.9. The summed E-state index contributed by atoms with van der Waals surface area (Å²) in [6.07, 6.45) is 7.48. The summed E-state index contributed by atoms with van der Waals surface area (Å²) in [5, 5.41) is 3.39. The van der Waals surface area contributed by atoms with E-state index in [4.69, 9.17) is 0 Å². The number of ketones is 1. The van der Waals surface area contributed by atoms with E-state index in [9.17, 15) is 9.59 Å². The van der Waals surface area contributed by atoms with Crippen LogP contribution in [0.1, 0.15) is 66.9 Å². The third-order valence-electron chi connectivity index (χ3n) is 5.89. The number of carbonyl (C=O) groups is 2. The molecule has 0 atom stereocenters. The maximum atomic E-state index is 12.5. The highest BCUT2D eigenvalue weighted by Crippen LogP contribution is 2.23. The predicted octanol–water partition coefficient (Wildman–Crippen LogP) is 3.80. The summed E-state index contributed by atoms with van der Waals surface area (Å²) in [7, 11) is 0. The zero-order valence-electron chi connectivity index (χ0n) is 16.5. The summed E-state index contributed by atoms with van der Waals surface area (Å²) in [6.45, 7) is 5.85. The standard InChI is InChI=1S/C22H32N2O2.ClH/c1-2-23-16-17-11-13-24(14-12-17)22(26)10-9-21(25)20-8-7-18-5-3-4-6-19(18)15-20;/h7-8,15,17,23H,2-6,9-14,16H2,1H3;1H. The number of piperidine rings is 1. The summed E-state index contributed by atoms with van der Waals surface area (Å²) >= 11 is 0. The molecule has 2 aliphatic rings. The second-order valence-corrected chi connectivity index (χ2v) is 7.75. The maximum absolute atomic E-state index is 12.5. The molecule has 150 valence electrons. The summed E-state index contributed by atoms with van der Waals surface area (Å²) in [5.74, 6) is 0.920. The van der Waals surface area contributed by atoms with Gasteiger partial charge in [0.1, 0.15) is 0 Å². The average molecular weight is 393 g/mol. The fraction of sp³-hybridized carbons (Fsp3) is 0.636. The van der Waals surface area contributed by atoms with E-state index in [-0.39, 0.29) is 24.1 Å². The summed E-state index contributed by atoms with van der Waals surface area (Å²) < 4.78 is 0. The van der Waals surface area contributed by atoms with Crippen molar-refractivity contribution >= 4 is 24.1 Å². The second-order valence-electron chi connectivity index (χ2n) is 7.75. The third-order valence-corrected chi connectivity index (χ3v) is 5.89. The van der Waals surface area contributed by atoms with Crippen molar-refractivity contribution < 1.29 is 9.59 Å². The Morgan fingerprint density at radius 1 is 1.07 bits per heavy atom. The molecule has 0 unspecified atom stereocenters. The van der Waals surface area contributed by atoms with Crippen molar-refractivity contribution in [3.8, 4) is 0 Å². The minimum atomic E-state index is 0. The number of nitrogens with zero attached hydrogens (tertiary/aromatic N) is 1. The minimum Gasteiger partial charge on any atom is -0.343 e. The molecule has 1 aromatic rings. The van der Waals surface area contributed by atoms with Crippen LogP contribution >= 0.6 is 12.4 Å². The molecule has 1 aromatic carbocycles. The Kier molecular flexibility index (Phi) is 8.78. The van der Waals surface area contributed by atoms with Gasteiger partial charge < -0.3 is 10.2 Å². The second kappa shape index (κ2) is 10.8.